The SMILES string of the molecule is CCN(CC)c1ccc(NC(=O)c2ccco2)cc1S(=O)(=O)Nc1ccccc1OC. The molecule has 3 rings (SSSR count). The molecule has 0 spiro atoms. The molecular formula is C22H25N3O5S. The molecule has 0 radical (unpaired) electrons. The lowest BCUT2D eigenvalue weighted by atomic mass is 10.2. The molecule has 0 saturated carbocycles. The molecule has 0 aliphatic carbocycles. The number of nitrogens with one attached hydrogen (secondary N) is 2. The summed E-state index contributed by atoms with van der Waals surface area (Å²) in [7, 11) is -2.53. The zero-order valence-corrected chi connectivity index (χ0v) is 18.4. The maximum absolute atomic E-state index is 13.4. The Morgan fingerprint density at radius 2 is 1.81 bits per heavy atom. The summed E-state index contributed by atoms with van der Waals surface area (Å²) in [5, 5.41) is 2.68. The second kappa shape index (κ2) is 9.57. The minimum absolute atomic E-state index is 0.0411. The van der Waals surface area contributed by atoms with E-state index in [2.05, 4.69) is 10.0 Å². The zero-order valence-electron chi connectivity index (χ0n) is 17.6. The first-order valence-corrected chi connectivity index (χ1v) is 11.3. The lowest BCUT2D eigenvalue weighted by Gasteiger charge is -2.25. The lowest BCUT2D eigenvalue weighted by molar-refractivity contribution is 0.0996. The van der Waals surface area contributed by atoms with Crippen LogP contribution in [0.2, 0.25) is 0 Å². The molecule has 8 nitrogen and oxygen atoms in total. The van der Waals surface area contributed by atoms with Crippen LogP contribution in [0.4, 0.5) is 17.1 Å². The van der Waals surface area contributed by atoms with Crippen LogP contribution < -0.4 is 19.7 Å². The molecule has 2 N–H and O–H groups in total. The van der Waals surface area contributed by atoms with E-state index < -0.39 is 15.9 Å². The van der Waals surface area contributed by atoms with Crippen molar-refractivity contribution >= 4 is 33.0 Å². The zero-order chi connectivity index (χ0) is 22.4. The number of rotatable bonds is 9. The van der Waals surface area contributed by atoms with Crippen LogP contribution in [0.25, 0.3) is 0 Å². The maximum Gasteiger partial charge on any atom is 0.291 e. The van der Waals surface area contributed by atoms with Crippen LogP contribution >= 0.6 is 0 Å². The monoisotopic (exact) mass is 443 g/mol. The van der Waals surface area contributed by atoms with Gasteiger partial charge in [0.1, 0.15) is 10.6 Å². The standard InChI is InChI=1S/C22H25N3O5S/c1-4-25(5-2)18-13-12-16(23-22(26)20-11-8-14-30-20)15-21(18)31(27,28)24-17-9-6-7-10-19(17)29-3/h6-15,24H,4-5H2,1-3H3,(H,23,26). The Hall–Kier alpha value is -3.46. The number of carbonyl (C=O) groups is 1. The Balaban J connectivity index is 2.02. The smallest absolute Gasteiger partial charge is 0.291 e. The van der Waals surface area contributed by atoms with Crippen LogP contribution in [0, 0.1) is 0 Å². The number of ether oxygens (including phenoxy) is 1. The van der Waals surface area contributed by atoms with Gasteiger partial charge < -0.3 is 19.4 Å². The highest BCUT2D eigenvalue weighted by Gasteiger charge is 2.24. The van der Waals surface area contributed by atoms with Gasteiger partial charge in [0.05, 0.1) is 24.7 Å². The third-order valence-corrected chi connectivity index (χ3v) is 6.10. The number of methoxy groups -OCH3 is 1. The molecule has 9 heteroatoms. The van der Waals surface area contributed by atoms with Crippen LogP contribution in [-0.4, -0.2) is 34.5 Å². The second-order valence-electron chi connectivity index (χ2n) is 6.59. The van der Waals surface area contributed by atoms with Crippen molar-refractivity contribution in [2.75, 3.05) is 35.1 Å². The number of para-hydroxylation sites is 2. The van der Waals surface area contributed by atoms with Crippen molar-refractivity contribution in [3.63, 3.8) is 0 Å². The van der Waals surface area contributed by atoms with E-state index in [0.29, 0.717) is 35.9 Å². The Kier molecular flexibility index (Phi) is 6.86. The van der Waals surface area contributed by atoms with E-state index in [9.17, 15) is 13.2 Å². The molecule has 1 amide bonds. The summed E-state index contributed by atoms with van der Waals surface area (Å²) < 4.78 is 39.7. The van der Waals surface area contributed by atoms with Crippen LogP contribution in [-0.2, 0) is 10.0 Å². The highest BCUT2D eigenvalue weighted by Crippen LogP contribution is 2.32. The average molecular weight is 444 g/mol. The van der Waals surface area contributed by atoms with E-state index in [1.54, 1.807) is 42.5 Å². The molecule has 0 atom stereocenters. The molecule has 2 aromatic carbocycles. The number of hydrogen-bond acceptors (Lipinski definition) is 6. The predicted octanol–water partition coefficient (Wildman–Crippen LogP) is 4.19. The molecule has 0 saturated heterocycles. The van der Waals surface area contributed by atoms with Gasteiger partial charge in [-0.05, 0) is 56.3 Å². The number of hydrogen-bond donors (Lipinski definition) is 2. The highest BCUT2D eigenvalue weighted by atomic mass is 32.2. The first-order chi connectivity index (χ1) is 14.9. The summed E-state index contributed by atoms with van der Waals surface area (Å²) in [5.41, 5.74) is 1.18. The topological polar surface area (TPSA) is 101 Å². The van der Waals surface area contributed by atoms with Crippen molar-refractivity contribution in [1.29, 1.82) is 0 Å². The van der Waals surface area contributed by atoms with Crippen molar-refractivity contribution in [3.8, 4) is 5.75 Å². The number of amides is 1. The number of sulfonamides is 1. The van der Waals surface area contributed by atoms with Gasteiger partial charge >= 0.3 is 0 Å². The number of carbonyl (C=O) groups excluding carboxylic acids is 1. The summed E-state index contributed by atoms with van der Waals surface area (Å²) >= 11 is 0. The summed E-state index contributed by atoms with van der Waals surface area (Å²) in [6.45, 7) is 5.12. The lowest BCUT2D eigenvalue weighted by Crippen LogP contribution is -2.26. The molecular weight excluding hydrogens is 418 g/mol. The van der Waals surface area contributed by atoms with Crippen LogP contribution in [0.15, 0.2) is 70.2 Å². The fourth-order valence-corrected chi connectivity index (χ4v) is 4.48. The number of nitrogens with zero attached hydrogens (tertiary/aromatic N) is 1. The average Bonchev–Trinajstić information content (AvgIpc) is 3.30. The molecule has 0 aliphatic heterocycles. The Morgan fingerprint density at radius 3 is 2.45 bits per heavy atom. The van der Waals surface area contributed by atoms with E-state index >= 15 is 0 Å². The van der Waals surface area contributed by atoms with Gasteiger partial charge in [-0.1, -0.05) is 12.1 Å². The second-order valence-corrected chi connectivity index (χ2v) is 8.24. The maximum atomic E-state index is 13.4. The van der Waals surface area contributed by atoms with E-state index in [1.807, 2.05) is 18.7 Å². The third-order valence-electron chi connectivity index (χ3n) is 4.71. The van der Waals surface area contributed by atoms with Gasteiger partial charge in [-0.2, -0.15) is 0 Å². The molecule has 1 aromatic heterocycles. The summed E-state index contributed by atoms with van der Waals surface area (Å²) in [6.07, 6.45) is 1.39. The first kappa shape index (κ1) is 22.2. The molecule has 1 heterocycles. The first-order valence-electron chi connectivity index (χ1n) is 9.79. The van der Waals surface area contributed by atoms with Crippen LogP contribution in [0.5, 0.6) is 5.75 Å². The third kappa shape index (κ3) is 5.00. The fourth-order valence-electron chi connectivity index (χ4n) is 3.16. The van der Waals surface area contributed by atoms with E-state index in [-0.39, 0.29) is 10.7 Å². The Bertz CT molecular complexity index is 1140. The highest BCUT2D eigenvalue weighted by molar-refractivity contribution is 7.93. The molecule has 0 aliphatic rings. The Labute approximate surface area is 181 Å². The minimum Gasteiger partial charge on any atom is -0.495 e. The van der Waals surface area contributed by atoms with Crippen molar-refractivity contribution in [1.82, 2.24) is 0 Å². The van der Waals surface area contributed by atoms with Crippen molar-refractivity contribution < 1.29 is 22.4 Å². The van der Waals surface area contributed by atoms with Gasteiger partial charge in [-0.15, -0.1) is 0 Å². The molecule has 31 heavy (non-hydrogen) atoms. The van der Waals surface area contributed by atoms with Gasteiger partial charge in [0.25, 0.3) is 15.9 Å². The van der Waals surface area contributed by atoms with Gasteiger partial charge in [-0.25, -0.2) is 8.42 Å². The van der Waals surface area contributed by atoms with Gasteiger partial charge in [0.2, 0.25) is 0 Å². The van der Waals surface area contributed by atoms with Gasteiger partial charge in [0.15, 0.2) is 5.76 Å². The Morgan fingerprint density at radius 1 is 1.06 bits per heavy atom. The number of furan rings is 1. The summed E-state index contributed by atoms with van der Waals surface area (Å²) in [5.74, 6) is 0.0590. The van der Waals surface area contributed by atoms with E-state index in [1.165, 1.54) is 25.5 Å². The quantitative estimate of drug-likeness (QED) is 0.514. The molecule has 164 valence electrons. The molecule has 0 unspecified atom stereocenters. The van der Waals surface area contributed by atoms with E-state index in [0.717, 1.165) is 0 Å². The van der Waals surface area contributed by atoms with Crippen molar-refractivity contribution in [2.24, 2.45) is 0 Å². The van der Waals surface area contributed by atoms with Gasteiger partial charge in [0, 0.05) is 18.8 Å². The number of anilines is 3. The predicted molar refractivity (Wildman–Crippen MR) is 120 cm³/mol. The van der Waals surface area contributed by atoms with Crippen molar-refractivity contribution in [3.05, 3.63) is 66.6 Å². The van der Waals surface area contributed by atoms with Crippen LogP contribution in [0.3, 0.4) is 0 Å². The molecule has 0 bridgehead atoms. The van der Waals surface area contributed by atoms with Crippen LogP contribution in [0.1, 0.15) is 24.4 Å². The van der Waals surface area contributed by atoms with E-state index in [4.69, 9.17) is 9.15 Å². The summed E-state index contributed by atoms with van der Waals surface area (Å²) in [6, 6.07) is 14.7. The normalized spacial score (nSPS) is 11.1. The van der Waals surface area contributed by atoms with Crippen molar-refractivity contribution in [2.45, 2.75) is 18.7 Å². The summed E-state index contributed by atoms with van der Waals surface area (Å²) in [4.78, 5) is 14.3. The number of benzene rings is 2. The fraction of sp³-hybridized carbons (Fsp3) is 0.227. The minimum atomic E-state index is -4.00. The molecule has 0 fully saturated rings. The van der Waals surface area contributed by atoms with Gasteiger partial charge in [-0.3, -0.25) is 9.52 Å². The molecule has 3 aromatic rings. The largest absolute Gasteiger partial charge is 0.495 e.